The minimum atomic E-state index is -0.404. The molecule has 0 atom stereocenters. The minimum Gasteiger partial charge on any atom is -0.502 e. The first kappa shape index (κ1) is 12.7. The summed E-state index contributed by atoms with van der Waals surface area (Å²) >= 11 is 0. The molecule has 1 aliphatic heterocycles. The van der Waals surface area contributed by atoms with Gasteiger partial charge in [-0.2, -0.15) is 0 Å². The fraction of sp³-hybridized carbons (Fsp3) is 0.545. The summed E-state index contributed by atoms with van der Waals surface area (Å²) in [7, 11) is 0. The highest BCUT2D eigenvalue weighted by atomic mass is 16.4. The molecule has 90 valence electrons. The van der Waals surface area contributed by atoms with Gasteiger partial charge in [0.2, 0.25) is 11.2 Å². The van der Waals surface area contributed by atoms with Crippen LogP contribution < -0.4 is 11.3 Å². The van der Waals surface area contributed by atoms with E-state index < -0.39 is 5.43 Å². The third kappa shape index (κ3) is 4.04. The number of aromatic hydroxyl groups is 1. The van der Waals surface area contributed by atoms with Gasteiger partial charge < -0.3 is 9.52 Å². The molecule has 1 fully saturated rings. The predicted molar refractivity (Wildman–Crippen MR) is 61.0 cm³/mol. The Morgan fingerprint density at radius 1 is 1.38 bits per heavy atom. The highest BCUT2D eigenvalue weighted by molar-refractivity contribution is 5.20. The zero-order valence-electron chi connectivity index (χ0n) is 9.48. The first-order chi connectivity index (χ1) is 7.61. The number of nitrogens with zero attached hydrogens (tertiary/aromatic N) is 1. The van der Waals surface area contributed by atoms with E-state index in [-0.39, 0.29) is 11.5 Å². The average Bonchev–Trinajstić information content (AvgIpc) is 2.28. The van der Waals surface area contributed by atoms with Crippen molar-refractivity contribution in [2.24, 2.45) is 5.84 Å². The van der Waals surface area contributed by atoms with Crippen LogP contribution in [-0.2, 0) is 0 Å². The van der Waals surface area contributed by atoms with E-state index in [9.17, 15) is 4.79 Å². The van der Waals surface area contributed by atoms with Gasteiger partial charge in [-0.05, 0) is 19.8 Å². The summed E-state index contributed by atoms with van der Waals surface area (Å²) in [6, 6.07) is 1.17. The maximum absolute atomic E-state index is 10.5. The van der Waals surface area contributed by atoms with E-state index in [0.29, 0.717) is 0 Å². The van der Waals surface area contributed by atoms with E-state index >= 15 is 0 Å². The largest absolute Gasteiger partial charge is 0.502 e. The molecule has 1 aromatic heterocycles. The van der Waals surface area contributed by atoms with E-state index in [4.69, 9.17) is 10.9 Å². The Bertz CT molecular complexity index is 370. The smallest absolute Gasteiger partial charge is 0.226 e. The van der Waals surface area contributed by atoms with Gasteiger partial charge in [0.15, 0.2) is 0 Å². The normalized spacial score (nSPS) is 16.4. The standard InChI is InChI=1S/C6H6O3.C5H12N2/c1-4-6(8)5(7)2-3-9-4;6-7-4-2-1-3-5-7/h2-3,8H,1H3;1-6H2. The number of hydrazine groups is 1. The highest BCUT2D eigenvalue weighted by Gasteiger charge is 2.02. The van der Waals surface area contributed by atoms with Crippen molar-refractivity contribution in [1.82, 2.24) is 5.01 Å². The molecular formula is C11H18N2O3. The van der Waals surface area contributed by atoms with Crippen LogP contribution in [0.5, 0.6) is 5.75 Å². The highest BCUT2D eigenvalue weighted by Crippen LogP contribution is 2.06. The molecule has 2 heterocycles. The number of hydrogen-bond acceptors (Lipinski definition) is 5. The number of rotatable bonds is 0. The number of hydrogen-bond donors (Lipinski definition) is 2. The summed E-state index contributed by atoms with van der Waals surface area (Å²) in [4.78, 5) is 10.5. The Morgan fingerprint density at radius 3 is 2.38 bits per heavy atom. The van der Waals surface area contributed by atoms with Crippen molar-refractivity contribution in [1.29, 1.82) is 0 Å². The van der Waals surface area contributed by atoms with Gasteiger partial charge >= 0.3 is 0 Å². The molecule has 3 N–H and O–H groups in total. The van der Waals surface area contributed by atoms with Crippen molar-refractivity contribution in [3.8, 4) is 5.75 Å². The van der Waals surface area contributed by atoms with Gasteiger partial charge in [-0.1, -0.05) is 6.42 Å². The van der Waals surface area contributed by atoms with Crippen LogP contribution in [0, 0.1) is 6.92 Å². The zero-order valence-corrected chi connectivity index (χ0v) is 9.48. The molecule has 0 radical (unpaired) electrons. The summed E-state index contributed by atoms with van der Waals surface area (Å²) < 4.78 is 4.69. The monoisotopic (exact) mass is 226 g/mol. The molecule has 5 nitrogen and oxygen atoms in total. The second-order valence-corrected chi connectivity index (χ2v) is 3.79. The van der Waals surface area contributed by atoms with Crippen LogP contribution >= 0.6 is 0 Å². The molecule has 2 rings (SSSR count). The first-order valence-corrected chi connectivity index (χ1v) is 5.38. The van der Waals surface area contributed by atoms with E-state index in [1.54, 1.807) is 0 Å². The summed E-state index contributed by atoms with van der Waals surface area (Å²) in [5.41, 5.74) is -0.404. The van der Waals surface area contributed by atoms with Crippen LogP contribution in [0.1, 0.15) is 25.0 Å². The lowest BCUT2D eigenvalue weighted by Crippen LogP contribution is -2.35. The second kappa shape index (κ2) is 6.30. The number of aryl methyl sites for hydroxylation is 1. The van der Waals surface area contributed by atoms with Gasteiger partial charge in [0, 0.05) is 19.2 Å². The molecule has 5 heteroatoms. The molecule has 0 aliphatic carbocycles. The molecule has 1 aromatic rings. The molecular weight excluding hydrogens is 208 g/mol. The maximum atomic E-state index is 10.5. The van der Waals surface area contributed by atoms with Crippen molar-refractivity contribution in [2.75, 3.05) is 13.1 Å². The van der Waals surface area contributed by atoms with Crippen LogP contribution in [0.4, 0.5) is 0 Å². The molecule has 0 bridgehead atoms. The van der Waals surface area contributed by atoms with Gasteiger partial charge in [-0.3, -0.25) is 10.6 Å². The number of nitrogens with two attached hydrogens (primary N) is 1. The third-order valence-electron chi connectivity index (χ3n) is 2.42. The van der Waals surface area contributed by atoms with Crippen molar-refractivity contribution < 1.29 is 9.52 Å². The van der Waals surface area contributed by atoms with Crippen LogP contribution in [0.2, 0.25) is 0 Å². The van der Waals surface area contributed by atoms with Crippen molar-refractivity contribution in [3.05, 3.63) is 28.3 Å². The Balaban J connectivity index is 0.000000165. The van der Waals surface area contributed by atoms with Gasteiger partial charge in [0.1, 0.15) is 5.76 Å². The Kier molecular flexibility index (Phi) is 5.01. The maximum Gasteiger partial charge on any atom is 0.226 e. The van der Waals surface area contributed by atoms with Gasteiger partial charge in [-0.25, -0.2) is 5.01 Å². The second-order valence-electron chi connectivity index (χ2n) is 3.79. The van der Waals surface area contributed by atoms with E-state index in [1.807, 2.05) is 5.01 Å². The molecule has 0 aromatic carbocycles. The molecule has 1 aliphatic rings. The topological polar surface area (TPSA) is 79.7 Å². The van der Waals surface area contributed by atoms with Gasteiger partial charge in [0.05, 0.1) is 6.26 Å². The fourth-order valence-electron chi connectivity index (χ4n) is 1.42. The quantitative estimate of drug-likeness (QED) is 0.645. The zero-order chi connectivity index (χ0) is 12.0. The predicted octanol–water partition coefficient (Wildman–Crippen LogP) is 1.000. The van der Waals surface area contributed by atoms with Crippen molar-refractivity contribution >= 4 is 0 Å². The number of piperidine rings is 1. The SMILES string of the molecule is Cc1occc(=O)c1O.NN1CCCCC1. The fourth-order valence-corrected chi connectivity index (χ4v) is 1.42. The van der Waals surface area contributed by atoms with Gasteiger partial charge in [-0.15, -0.1) is 0 Å². The Morgan fingerprint density at radius 2 is 2.00 bits per heavy atom. The van der Waals surface area contributed by atoms with E-state index in [2.05, 4.69) is 4.42 Å². The molecule has 0 unspecified atom stereocenters. The molecule has 0 amide bonds. The summed E-state index contributed by atoms with van der Waals surface area (Å²) in [6.45, 7) is 3.72. The first-order valence-electron chi connectivity index (χ1n) is 5.38. The minimum absolute atomic E-state index is 0.252. The van der Waals surface area contributed by atoms with E-state index in [0.717, 1.165) is 13.1 Å². The van der Waals surface area contributed by atoms with Crippen LogP contribution in [-0.4, -0.2) is 23.2 Å². The lowest BCUT2D eigenvalue weighted by Gasteiger charge is -2.20. The molecule has 0 saturated carbocycles. The molecule has 0 spiro atoms. The Hall–Kier alpha value is -1.33. The van der Waals surface area contributed by atoms with E-state index in [1.165, 1.54) is 38.5 Å². The van der Waals surface area contributed by atoms with Crippen molar-refractivity contribution in [3.63, 3.8) is 0 Å². The third-order valence-corrected chi connectivity index (χ3v) is 2.42. The van der Waals surface area contributed by atoms with Crippen LogP contribution in [0.15, 0.2) is 21.5 Å². The Labute approximate surface area is 94.5 Å². The van der Waals surface area contributed by atoms with Crippen LogP contribution in [0.25, 0.3) is 0 Å². The molecule has 16 heavy (non-hydrogen) atoms. The lowest BCUT2D eigenvalue weighted by molar-refractivity contribution is 0.235. The summed E-state index contributed by atoms with van der Waals surface area (Å²) in [5.74, 6) is 5.41. The average molecular weight is 226 g/mol. The lowest BCUT2D eigenvalue weighted by atomic mass is 10.2. The summed E-state index contributed by atoms with van der Waals surface area (Å²) in [5, 5.41) is 10.7. The van der Waals surface area contributed by atoms with Crippen molar-refractivity contribution in [2.45, 2.75) is 26.2 Å². The molecule has 1 saturated heterocycles. The van der Waals surface area contributed by atoms with Gasteiger partial charge in [0.25, 0.3) is 0 Å². The summed E-state index contributed by atoms with van der Waals surface area (Å²) in [6.07, 6.45) is 5.19. The van der Waals surface area contributed by atoms with Crippen LogP contribution in [0.3, 0.4) is 0 Å².